The summed E-state index contributed by atoms with van der Waals surface area (Å²) < 4.78 is 3.65. The van der Waals surface area contributed by atoms with Crippen molar-refractivity contribution in [2.75, 3.05) is 53.4 Å². The third-order valence-corrected chi connectivity index (χ3v) is 11.3. The number of nitrogens with zero attached hydrogens (tertiary/aromatic N) is 8. The molecule has 5 amide bonds. The topological polar surface area (TPSA) is 146 Å². The molecule has 1 N–H and O–H groups in total. The van der Waals surface area contributed by atoms with E-state index in [9.17, 15) is 24.0 Å². The molecule has 0 spiro atoms. The Bertz CT molecular complexity index is 2570. The second kappa shape index (κ2) is 15.8. The van der Waals surface area contributed by atoms with Gasteiger partial charge in [0.2, 0.25) is 5.91 Å². The quantitative estimate of drug-likeness (QED) is 0.147. The van der Waals surface area contributed by atoms with Crippen molar-refractivity contribution < 1.29 is 24.0 Å². The molecule has 0 bridgehead atoms. The number of aromatic nitrogens is 4. The zero-order valence-corrected chi connectivity index (χ0v) is 33.0. The summed E-state index contributed by atoms with van der Waals surface area (Å²) >= 11 is 0. The van der Waals surface area contributed by atoms with Crippen molar-refractivity contribution in [2.24, 2.45) is 5.92 Å². The van der Waals surface area contributed by atoms with Crippen molar-refractivity contribution >= 4 is 51.1 Å². The molecule has 296 valence electrons. The van der Waals surface area contributed by atoms with Crippen LogP contribution in [-0.2, 0) is 4.79 Å². The van der Waals surface area contributed by atoms with Crippen LogP contribution in [-0.4, -0.2) is 128 Å². The molecule has 14 nitrogen and oxygen atoms in total. The number of amides is 5. The van der Waals surface area contributed by atoms with Crippen molar-refractivity contribution in [3.05, 3.63) is 120 Å². The molecule has 1 unspecified atom stereocenters. The van der Waals surface area contributed by atoms with Crippen molar-refractivity contribution in [3.63, 3.8) is 0 Å². The number of carbonyl (C=O) groups is 5. The first kappa shape index (κ1) is 38.4. The Morgan fingerprint density at radius 3 is 1.64 bits per heavy atom. The van der Waals surface area contributed by atoms with Crippen LogP contribution in [0.25, 0.3) is 32.9 Å². The summed E-state index contributed by atoms with van der Waals surface area (Å²) in [7, 11) is 3.67. The zero-order chi connectivity index (χ0) is 40.7. The van der Waals surface area contributed by atoms with Crippen LogP contribution < -0.4 is 5.32 Å². The number of rotatable bonds is 15. The highest BCUT2D eigenvalue weighted by Crippen LogP contribution is 2.34. The summed E-state index contributed by atoms with van der Waals surface area (Å²) in [6.07, 6.45) is 10.9. The fourth-order valence-electron chi connectivity index (χ4n) is 8.22. The average Bonchev–Trinajstić information content (AvgIpc) is 3.97. The van der Waals surface area contributed by atoms with Crippen LogP contribution in [0.4, 0.5) is 0 Å². The molecule has 2 aliphatic rings. The standard InChI is InChI=1S/C44H45N9O5/c1-28(2)39(45-3)44(58)49(19-21-53-41(55)34-11-6-9-30-23-32(51-17-13-47-27-51)25-36(38(30)34)43(53)57)15-7-14-48(4)18-20-52-40(54)33-10-5-8-29-22-31(50-16-12-46-26-50)24-35(37(29)33)42(52)56/h5-6,8-13,16-17,22-28,39,45H,7,14-15,18-21H2,1-4H3. The zero-order valence-electron chi connectivity index (χ0n) is 33.0. The maximum absolute atomic E-state index is 14.1. The summed E-state index contributed by atoms with van der Waals surface area (Å²) in [6, 6.07) is 17.9. The van der Waals surface area contributed by atoms with Gasteiger partial charge in [-0.3, -0.25) is 33.8 Å². The Hall–Kier alpha value is -6.51. The van der Waals surface area contributed by atoms with E-state index in [1.165, 1.54) is 9.80 Å². The van der Waals surface area contributed by atoms with Crippen molar-refractivity contribution in [3.8, 4) is 11.4 Å². The number of imidazole rings is 2. The van der Waals surface area contributed by atoms with Gasteiger partial charge >= 0.3 is 0 Å². The monoisotopic (exact) mass is 779 g/mol. The molecule has 0 aliphatic carbocycles. The Balaban J connectivity index is 0.943. The summed E-state index contributed by atoms with van der Waals surface area (Å²) in [4.78, 5) is 84.1. The minimum Gasteiger partial charge on any atom is -0.339 e. The fourth-order valence-corrected chi connectivity index (χ4v) is 8.22. The van der Waals surface area contributed by atoms with Gasteiger partial charge in [0.1, 0.15) is 0 Å². The van der Waals surface area contributed by atoms with E-state index in [4.69, 9.17) is 0 Å². The van der Waals surface area contributed by atoms with Gasteiger partial charge in [0.15, 0.2) is 0 Å². The van der Waals surface area contributed by atoms with E-state index in [1.54, 1.807) is 61.4 Å². The molecular formula is C44H45N9O5. The second-order valence-corrected chi connectivity index (χ2v) is 15.3. The number of hydrogen-bond acceptors (Lipinski definition) is 9. The number of hydrogen-bond donors (Lipinski definition) is 1. The largest absolute Gasteiger partial charge is 0.339 e. The van der Waals surface area contributed by atoms with Crippen LogP contribution in [0.15, 0.2) is 98.1 Å². The van der Waals surface area contributed by atoms with E-state index in [1.807, 2.05) is 83.6 Å². The fraction of sp³-hybridized carbons (Fsp3) is 0.295. The molecule has 6 aromatic rings. The summed E-state index contributed by atoms with van der Waals surface area (Å²) in [5.74, 6) is -1.58. The third-order valence-electron chi connectivity index (χ3n) is 11.3. The lowest BCUT2D eigenvalue weighted by atomic mass is 9.93. The van der Waals surface area contributed by atoms with E-state index in [2.05, 4.69) is 15.3 Å². The van der Waals surface area contributed by atoms with Gasteiger partial charge < -0.3 is 24.3 Å². The van der Waals surface area contributed by atoms with Crippen LogP contribution in [0.2, 0.25) is 0 Å². The smallest absolute Gasteiger partial charge is 0.261 e. The van der Waals surface area contributed by atoms with Gasteiger partial charge in [-0.25, -0.2) is 9.97 Å². The van der Waals surface area contributed by atoms with E-state index >= 15 is 0 Å². The highest BCUT2D eigenvalue weighted by atomic mass is 16.2. The van der Waals surface area contributed by atoms with Gasteiger partial charge in [0, 0.05) is 90.8 Å². The Morgan fingerprint density at radius 1 is 0.672 bits per heavy atom. The molecular weight excluding hydrogens is 735 g/mol. The number of imide groups is 2. The van der Waals surface area contributed by atoms with Gasteiger partial charge in [-0.1, -0.05) is 38.1 Å². The van der Waals surface area contributed by atoms with Crippen LogP contribution in [0.3, 0.4) is 0 Å². The first-order chi connectivity index (χ1) is 28.0. The molecule has 14 heteroatoms. The molecule has 0 saturated carbocycles. The Morgan fingerprint density at radius 2 is 1.17 bits per heavy atom. The molecule has 8 rings (SSSR count). The predicted molar refractivity (Wildman–Crippen MR) is 219 cm³/mol. The lowest BCUT2D eigenvalue weighted by molar-refractivity contribution is -0.134. The SMILES string of the molecule is CNC(C(=O)N(CCCN(C)CCN1C(=O)c2cccc3cc(-n4ccnc4)cc(c23)C1=O)CCN1C(=O)c2cccc3cc(-n4ccnc4)cc(c23)C1=O)C(C)C. The van der Waals surface area contributed by atoms with E-state index in [-0.39, 0.29) is 43.3 Å². The molecule has 0 saturated heterocycles. The number of carbonyl (C=O) groups excluding carboxylic acids is 5. The number of likely N-dealkylation sites (N-methyl/N-ethyl adjacent to an activating group) is 2. The number of nitrogens with one attached hydrogen (secondary N) is 1. The predicted octanol–water partition coefficient (Wildman–Crippen LogP) is 4.65. The first-order valence-corrected chi connectivity index (χ1v) is 19.5. The maximum atomic E-state index is 14.1. The highest BCUT2D eigenvalue weighted by molar-refractivity contribution is 6.26. The maximum Gasteiger partial charge on any atom is 0.261 e. The first-order valence-electron chi connectivity index (χ1n) is 19.5. The summed E-state index contributed by atoms with van der Waals surface area (Å²) in [6.45, 7) is 5.66. The van der Waals surface area contributed by atoms with Crippen LogP contribution in [0.5, 0.6) is 0 Å². The Kier molecular flexibility index (Phi) is 10.4. The average molecular weight is 780 g/mol. The molecule has 1 atom stereocenters. The van der Waals surface area contributed by atoms with Crippen LogP contribution in [0, 0.1) is 5.92 Å². The van der Waals surface area contributed by atoms with E-state index in [0.29, 0.717) is 59.1 Å². The minimum absolute atomic E-state index is 0.00127. The van der Waals surface area contributed by atoms with Gasteiger partial charge in [0.05, 0.1) is 29.8 Å². The normalized spacial score (nSPS) is 14.4. The van der Waals surface area contributed by atoms with Gasteiger partial charge in [-0.2, -0.15) is 0 Å². The minimum atomic E-state index is -0.463. The third kappa shape index (κ3) is 6.94. The lowest BCUT2D eigenvalue weighted by Gasteiger charge is -2.33. The highest BCUT2D eigenvalue weighted by Gasteiger charge is 2.36. The molecule has 0 radical (unpaired) electrons. The molecule has 4 aromatic carbocycles. The molecule has 4 heterocycles. The molecule has 2 aliphatic heterocycles. The van der Waals surface area contributed by atoms with Crippen LogP contribution >= 0.6 is 0 Å². The Labute approximate surface area is 335 Å². The molecule has 58 heavy (non-hydrogen) atoms. The second-order valence-electron chi connectivity index (χ2n) is 15.3. The lowest BCUT2D eigenvalue weighted by Crippen LogP contribution is -2.52. The molecule has 0 fully saturated rings. The van der Waals surface area contributed by atoms with Gasteiger partial charge in [-0.15, -0.1) is 0 Å². The van der Waals surface area contributed by atoms with Crippen molar-refractivity contribution in [2.45, 2.75) is 26.3 Å². The van der Waals surface area contributed by atoms with E-state index < -0.39 is 17.9 Å². The van der Waals surface area contributed by atoms with Gasteiger partial charge in [0.25, 0.3) is 23.6 Å². The van der Waals surface area contributed by atoms with Crippen molar-refractivity contribution in [1.82, 2.24) is 44.0 Å². The van der Waals surface area contributed by atoms with Crippen LogP contribution in [0.1, 0.15) is 61.7 Å². The van der Waals surface area contributed by atoms with Gasteiger partial charge in [-0.05, 0) is 80.1 Å². The molecule has 2 aromatic heterocycles. The van der Waals surface area contributed by atoms with Crippen molar-refractivity contribution in [1.29, 1.82) is 0 Å². The summed E-state index contributed by atoms with van der Waals surface area (Å²) in [5, 5.41) is 6.02. The van der Waals surface area contributed by atoms with E-state index in [0.717, 1.165) is 22.1 Å². The summed E-state index contributed by atoms with van der Waals surface area (Å²) in [5.41, 5.74) is 3.38. The number of benzene rings is 4.